The van der Waals surface area contributed by atoms with Crippen LogP contribution in [0.15, 0.2) is 66.9 Å². The number of hydrogen-bond donors (Lipinski definition) is 3. The second-order valence-electron chi connectivity index (χ2n) is 13.0. The Kier molecular flexibility index (Phi) is 8.90. The van der Waals surface area contributed by atoms with Crippen LogP contribution >= 0.6 is 0 Å². The van der Waals surface area contributed by atoms with Gasteiger partial charge in [0.1, 0.15) is 0 Å². The minimum Gasteiger partial charge on any atom is -0.453 e. The molecule has 0 saturated heterocycles. The summed E-state index contributed by atoms with van der Waals surface area (Å²) in [6, 6.07) is 20.4. The Morgan fingerprint density at radius 3 is 2.28 bits per heavy atom. The summed E-state index contributed by atoms with van der Waals surface area (Å²) in [7, 11) is 1.42. The normalized spacial score (nSPS) is 25.1. The fourth-order valence-electron chi connectivity index (χ4n) is 7.06. The van der Waals surface area contributed by atoms with Crippen molar-refractivity contribution < 1.29 is 19.4 Å². The number of amides is 2. The molecule has 0 radical (unpaired) electrons. The average molecular weight is 585 g/mol. The van der Waals surface area contributed by atoms with Crippen LogP contribution in [0.25, 0.3) is 22.4 Å². The third-order valence-electron chi connectivity index (χ3n) is 9.01. The van der Waals surface area contributed by atoms with Crippen molar-refractivity contribution in [2.24, 2.45) is 11.7 Å². The summed E-state index contributed by atoms with van der Waals surface area (Å²) in [6.45, 7) is 5.83. The molecule has 2 saturated carbocycles. The summed E-state index contributed by atoms with van der Waals surface area (Å²) in [5.41, 5.74) is 10.7. The maximum absolute atomic E-state index is 13.1. The van der Waals surface area contributed by atoms with Gasteiger partial charge in [-0.25, -0.2) is 4.79 Å². The maximum atomic E-state index is 13.1. The van der Waals surface area contributed by atoms with Crippen LogP contribution in [0, 0.1) is 5.92 Å². The fourth-order valence-corrected chi connectivity index (χ4v) is 7.06. The molecule has 5 rings (SSSR count). The van der Waals surface area contributed by atoms with Crippen LogP contribution in [0.3, 0.4) is 0 Å². The smallest absolute Gasteiger partial charge is 0.409 e. The Bertz CT molecular complexity index is 1420. The molecule has 8 heteroatoms. The first kappa shape index (κ1) is 30.7. The van der Waals surface area contributed by atoms with Crippen molar-refractivity contribution >= 4 is 17.7 Å². The minimum atomic E-state index is -0.714. The third-order valence-corrected chi connectivity index (χ3v) is 9.01. The van der Waals surface area contributed by atoms with Crippen molar-refractivity contribution in [3.8, 4) is 22.4 Å². The number of pyridine rings is 1. The third kappa shape index (κ3) is 6.92. The highest BCUT2D eigenvalue weighted by Gasteiger charge is 2.49. The highest BCUT2D eigenvalue weighted by molar-refractivity contribution is 5.93. The number of ether oxygens (including phenoxy) is 1. The lowest BCUT2D eigenvalue weighted by molar-refractivity contribution is -0.117. The summed E-state index contributed by atoms with van der Waals surface area (Å²) in [5, 5.41) is 13.3. The first-order valence-corrected chi connectivity index (χ1v) is 15.3. The SMILES string of the molecule is COC(=O)N(C(C)C)[C@H]1CC[C@H](CC(=O)Nc2cnc(-c3ccc([C@]4(N)C[C@](C)(O)C4)cc3)c(-c3ccccc3)c2)CC1. The summed E-state index contributed by atoms with van der Waals surface area (Å²) >= 11 is 0. The number of anilines is 1. The molecule has 2 aliphatic carbocycles. The lowest BCUT2D eigenvalue weighted by Gasteiger charge is -2.49. The maximum Gasteiger partial charge on any atom is 0.409 e. The van der Waals surface area contributed by atoms with Gasteiger partial charge in [0.05, 0.1) is 30.3 Å². The van der Waals surface area contributed by atoms with E-state index in [9.17, 15) is 14.7 Å². The second-order valence-corrected chi connectivity index (χ2v) is 13.0. The molecule has 2 aromatic carbocycles. The average Bonchev–Trinajstić information content (AvgIpc) is 2.97. The molecule has 1 aromatic heterocycles. The molecule has 8 nitrogen and oxygen atoms in total. The number of carbonyl (C=O) groups excluding carboxylic acids is 2. The first-order chi connectivity index (χ1) is 20.5. The van der Waals surface area contributed by atoms with Gasteiger partial charge in [-0.2, -0.15) is 0 Å². The number of carbonyl (C=O) groups is 2. The molecule has 0 atom stereocenters. The summed E-state index contributed by atoms with van der Waals surface area (Å²) < 4.78 is 5.00. The summed E-state index contributed by atoms with van der Waals surface area (Å²) in [6.07, 6.45) is 6.45. The second kappa shape index (κ2) is 12.5. The highest BCUT2D eigenvalue weighted by atomic mass is 16.5. The summed E-state index contributed by atoms with van der Waals surface area (Å²) in [4.78, 5) is 32.0. The molecule has 3 aromatic rings. The van der Waals surface area contributed by atoms with Crippen LogP contribution in [0.2, 0.25) is 0 Å². The zero-order valence-electron chi connectivity index (χ0n) is 25.7. The fraction of sp³-hybridized carbons (Fsp3) is 0.457. The highest BCUT2D eigenvalue weighted by Crippen LogP contribution is 2.46. The van der Waals surface area contributed by atoms with Gasteiger partial charge in [-0.1, -0.05) is 54.6 Å². The number of nitrogens with two attached hydrogens (primary N) is 1. The van der Waals surface area contributed by atoms with Crippen molar-refractivity contribution in [3.63, 3.8) is 0 Å². The van der Waals surface area contributed by atoms with Gasteiger partial charge in [0.15, 0.2) is 0 Å². The van der Waals surface area contributed by atoms with Gasteiger partial charge in [-0.15, -0.1) is 0 Å². The van der Waals surface area contributed by atoms with E-state index in [-0.39, 0.29) is 30.0 Å². The van der Waals surface area contributed by atoms with E-state index in [1.54, 1.807) is 6.20 Å². The zero-order chi connectivity index (χ0) is 30.8. The quantitative estimate of drug-likeness (QED) is 0.279. The van der Waals surface area contributed by atoms with Crippen LogP contribution in [-0.2, 0) is 15.1 Å². The molecule has 0 spiro atoms. The standard InChI is InChI=1S/C35H44N4O4/c1-23(2)39(33(41)43-4)29-16-10-24(11-17-29)18-31(40)38-28-19-30(25-8-6-5-7-9-25)32(37-20-28)26-12-14-27(15-13-26)35(36)21-34(3,42)22-35/h5-9,12-15,19-20,23-24,29,42H,10-11,16-18,21-22,36H2,1-4H3,(H,38,40)/t24-,29-,34-,35-. The van der Waals surface area contributed by atoms with Crippen molar-refractivity contribution in [1.82, 2.24) is 9.88 Å². The monoisotopic (exact) mass is 584 g/mol. The van der Waals surface area contributed by atoms with E-state index in [1.165, 1.54) is 7.11 Å². The van der Waals surface area contributed by atoms with Crippen LogP contribution < -0.4 is 11.1 Å². The van der Waals surface area contributed by atoms with Crippen molar-refractivity contribution in [3.05, 3.63) is 72.4 Å². The first-order valence-electron chi connectivity index (χ1n) is 15.3. The number of rotatable bonds is 8. The molecule has 0 bridgehead atoms. The van der Waals surface area contributed by atoms with Crippen LogP contribution in [-0.4, -0.2) is 51.8 Å². The molecule has 0 unspecified atom stereocenters. The Morgan fingerprint density at radius 2 is 1.70 bits per heavy atom. The van der Waals surface area contributed by atoms with E-state index >= 15 is 0 Å². The van der Waals surface area contributed by atoms with E-state index in [2.05, 4.69) is 5.32 Å². The molecule has 43 heavy (non-hydrogen) atoms. The lowest BCUT2D eigenvalue weighted by atomic mass is 9.63. The number of nitrogens with zero attached hydrogens (tertiary/aromatic N) is 2. The molecule has 4 N–H and O–H groups in total. The number of aromatic nitrogens is 1. The predicted octanol–water partition coefficient (Wildman–Crippen LogP) is 6.48. The zero-order valence-corrected chi connectivity index (χ0v) is 25.7. The van der Waals surface area contributed by atoms with Crippen molar-refractivity contribution in [2.45, 2.75) is 88.9 Å². The van der Waals surface area contributed by atoms with E-state index in [0.29, 0.717) is 24.9 Å². The number of nitrogens with one attached hydrogen (secondary N) is 1. The lowest BCUT2D eigenvalue weighted by Crippen LogP contribution is -2.58. The Balaban J connectivity index is 1.27. The van der Waals surface area contributed by atoms with Crippen molar-refractivity contribution in [1.29, 1.82) is 0 Å². The van der Waals surface area contributed by atoms with Gasteiger partial charge in [0, 0.05) is 35.2 Å². The van der Waals surface area contributed by atoms with Gasteiger partial charge in [0.2, 0.25) is 5.91 Å². The van der Waals surface area contributed by atoms with Crippen LogP contribution in [0.5, 0.6) is 0 Å². The van der Waals surface area contributed by atoms with Gasteiger partial charge in [0.25, 0.3) is 0 Å². The van der Waals surface area contributed by atoms with E-state index in [1.807, 2.05) is 86.3 Å². The van der Waals surface area contributed by atoms with Gasteiger partial charge in [-0.3, -0.25) is 9.78 Å². The Hall–Kier alpha value is -3.75. The number of methoxy groups -OCH3 is 1. The molecular weight excluding hydrogens is 540 g/mol. The molecule has 228 valence electrons. The van der Waals surface area contributed by atoms with E-state index < -0.39 is 11.1 Å². The molecule has 2 amide bonds. The van der Waals surface area contributed by atoms with Gasteiger partial charge in [-0.05, 0) is 82.4 Å². The molecule has 0 aliphatic heterocycles. The van der Waals surface area contributed by atoms with Gasteiger partial charge < -0.3 is 25.8 Å². The number of hydrogen-bond acceptors (Lipinski definition) is 6. The molecular formula is C35H44N4O4. The largest absolute Gasteiger partial charge is 0.453 e. The van der Waals surface area contributed by atoms with E-state index in [4.69, 9.17) is 15.5 Å². The Labute approximate surface area is 254 Å². The molecule has 2 aliphatic rings. The Morgan fingerprint density at radius 1 is 1.05 bits per heavy atom. The van der Waals surface area contributed by atoms with Crippen molar-refractivity contribution in [2.75, 3.05) is 12.4 Å². The topological polar surface area (TPSA) is 118 Å². The summed E-state index contributed by atoms with van der Waals surface area (Å²) in [5.74, 6) is 0.243. The minimum absolute atomic E-state index is 0.0281. The van der Waals surface area contributed by atoms with Crippen LogP contribution in [0.1, 0.15) is 71.3 Å². The molecule has 2 fully saturated rings. The number of benzene rings is 2. The number of aliphatic hydroxyl groups is 1. The predicted molar refractivity (Wildman–Crippen MR) is 169 cm³/mol. The molecule has 1 heterocycles. The van der Waals surface area contributed by atoms with Crippen LogP contribution in [0.4, 0.5) is 10.5 Å². The van der Waals surface area contributed by atoms with Gasteiger partial charge >= 0.3 is 6.09 Å². The van der Waals surface area contributed by atoms with E-state index in [0.717, 1.165) is 53.6 Å².